The van der Waals surface area contributed by atoms with Crippen LogP contribution in [0.1, 0.15) is 32.0 Å². The van der Waals surface area contributed by atoms with Gasteiger partial charge in [0.05, 0.1) is 5.69 Å². The smallest absolute Gasteiger partial charge is 0.0666 e. The van der Waals surface area contributed by atoms with E-state index in [0.717, 1.165) is 19.5 Å². The van der Waals surface area contributed by atoms with Gasteiger partial charge in [-0.15, -0.1) is 0 Å². The number of nitrogens with zero attached hydrogens (tertiary/aromatic N) is 2. The van der Waals surface area contributed by atoms with Crippen LogP contribution in [0.5, 0.6) is 0 Å². The van der Waals surface area contributed by atoms with Crippen LogP contribution in [0.2, 0.25) is 0 Å². The fraction of sp³-hybridized carbons (Fsp3) is 0.727. The van der Waals surface area contributed by atoms with Gasteiger partial charge in [0.1, 0.15) is 0 Å². The summed E-state index contributed by atoms with van der Waals surface area (Å²) in [6, 6.07) is 0. The van der Waals surface area contributed by atoms with Gasteiger partial charge in [-0.3, -0.25) is 4.68 Å². The van der Waals surface area contributed by atoms with Gasteiger partial charge < -0.3 is 5.32 Å². The Balaban J connectivity index is 2.48. The second kappa shape index (κ2) is 5.15. The summed E-state index contributed by atoms with van der Waals surface area (Å²) in [4.78, 5) is 0. The molecule has 0 aliphatic rings. The van der Waals surface area contributed by atoms with E-state index < -0.39 is 0 Å². The molecule has 0 saturated carbocycles. The van der Waals surface area contributed by atoms with Crippen LogP contribution in [0.15, 0.2) is 6.20 Å². The number of nitrogens with one attached hydrogen (secondary N) is 1. The Morgan fingerprint density at radius 1 is 1.50 bits per heavy atom. The molecule has 1 aromatic rings. The summed E-state index contributed by atoms with van der Waals surface area (Å²) in [6.45, 7) is 8.59. The Hall–Kier alpha value is -0.830. The summed E-state index contributed by atoms with van der Waals surface area (Å²) >= 11 is 0. The highest BCUT2D eigenvalue weighted by molar-refractivity contribution is 5.16. The third kappa shape index (κ3) is 3.14. The second-order valence-electron chi connectivity index (χ2n) is 4.15. The van der Waals surface area contributed by atoms with Gasteiger partial charge >= 0.3 is 0 Å². The van der Waals surface area contributed by atoms with Gasteiger partial charge in [-0.25, -0.2) is 0 Å². The van der Waals surface area contributed by atoms with Crippen molar-refractivity contribution in [2.45, 2.75) is 33.7 Å². The fourth-order valence-electron chi connectivity index (χ4n) is 1.52. The second-order valence-corrected chi connectivity index (χ2v) is 4.15. The van der Waals surface area contributed by atoms with Gasteiger partial charge in [-0.2, -0.15) is 5.10 Å². The molecule has 1 aromatic heterocycles. The molecule has 1 rings (SSSR count). The van der Waals surface area contributed by atoms with Gasteiger partial charge in [0, 0.05) is 25.4 Å². The Kier molecular flexibility index (Phi) is 4.14. The van der Waals surface area contributed by atoms with Crippen LogP contribution in [-0.2, 0) is 20.0 Å². The molecule has 3 nitrogen and oxygen atoms in total. The zero-order chi connectivity index (χ0) is 10.6. The third-order valence-corrected chi connectivity index (χ3v) is 2.19. The molecular formula is C11H21N3. The van der Waals surface area contributed by atoms with Crippen LogP contribution in [0, 0.1) is 5.92 Å². The quantitative estimate of drug-likeness (QED) is 0.775. The molecule has 1 N–H and O–H groups in total. The van der Waals surface area contributed by atoms with Crippen LogP contribution in [0.25, 0.3) is 0 Å². The first-order valence-electron chi connectivity index (χ1n) is 5.35. The standard InChI is InChI=1S/C11H21N3/c1-5-11-10(8-14(4)13-11)7-12-6-9(2)3/h8-9,12H,5-7H2,1-4H3. The van der Waals surface area contributed by atoms with Crippen molar-refractivity contribution < 1.29 is 0 Å². The van der Waals surface area contributed by atoms with E-state index >= 15 is 0 Å². The lowest BCUT2D eigenvalue weighted by Gasteiger charge is -2.06. The van der Waals surface area contributed by atoms with Gasteiger partial charge in [0.2, 0.25) is 0 Å². The molecule has 0 aliphatic heterocycles. The van der Waals surface area contributed by atoms with Gasteiger partial charge in [-0.1, -0.05) is 20.8 Å². The fourth-order valence-corrected chi connectivity index (χ4v) is 1.52. The molecule has 0 bridgehead atoms. The maximum atomic E-state index is 4.40. The molecule has 14 heavy (non-hydrogen) atoms. The van der Waals surface area contributed by atoms with E-state index in [9.17, 15) is 0 Å². The largest absolute Gasteiger partial charge is 0.312 e. The minimum absolute atomic E-state index is 0.705. The Morgan fingerprint density at radius 2 is 2.21 bits per heavy atom. The zero-order valence-electron chi connectivity index (χ0n) is 9.67. The summed E-state index contributed by atoms with van der Waals surface area (Å²) in [7, 11) is 1.98. The van der Waals surface area contributed by atoms with Crippen LogP contribution >= 0.6 is 0 Å². The monoisotopic (exact) mass is 195 g/mol. The van der Waals surface area contributed by atoms with Crippen molar-refractivity contribution in [1.82, 2.24) is 15.1 Å². The van der Waals surface area contributed by atoms with E-state index in [-0.39, 0.29) is 0 Å². The van der Waals surface area contributed by atoms with Crippen LogP contribution in [0.4, 0.5) is 0 Å². The van der Waals surface area contributed by atoms with E-state index in [1.807, 2.05) is 11.7 Å². The first-order chi connectivity index (χ1) is 6.63. The predicted molar refractivity (Wildman–Crippen MR) is 59.1 cm³/mol. The summed E-state index contributed by atoms with van der Waals surface area (Å²) < 4.78 is 1.89. The normalized spacial score (nSPS) is 11.2. The molecule has 3 heteroatoms. The lowest BCUT2D eigenvalue weighted by molar-refractivity contribution is 0.551. The molecule has 0 unspecified atom stereocenters. The van der Waals surface area contributed by atoms with Crippen molar-refractivity contribution in [2.75, 3.05) is 6.54 Å². The van der Waals surface area contributed by atoms with Gasteiger partial charge in [-0.05, 0) is 18.9 Å². The predicted octanol–water partition coefficient (Wildman–Crippen LogP) is 1.73. The maximum Gasteiger partial charge on any atom is 0.0666 e. The van der Waals surface area contributed by atoms with E-state index in [1.54, 1.807) is 0 Å². The molecule has 0 spiro atoms. The molecule has 0 aliphatic carbocycles. The topological polar surface area (TPSA) is 29.9 Å². The molecule has 0 amide bonds. The first-order valence-corrected chi connectivity index (χ1v) is 5.35. The van der Waals surface area contributed by atoms with Crippen molar-refractivity contribution in [3.63, 3.8) is 0 Å². The third-order valence-electron chi connectivity index (χ3n) is 2.19. The van der Waals surface area contributed by atoms with E-state index in [4.69, 9.17) is 0 Å². The number of hydrogen-bond donors (Lipinski definition) is 1. The van der Waals surface area contributed by atoms with Crippen molar-refractivity contribution in [2.24, 2.45) is 13.0 Å². The number of rotatable bonds is 5. The molecule has 0 radical (unpaired) electrons. The van der Waals surface area contributed by atoms with Gasteiger partial charge in [0.15, 0.2) is 0 Å². The highest BCUT2D eigenvalue weighted by atomic mass is 15.3. The van der Waals surface area contributed by atoms with Crippen molar-refractivity contribution in [3.8, 4) is 0 Å². The lowest BCUT2D eigenvalue weighted by atomic mass is 10.2. The van der Waals surface area contributed by atoms with Crippen molar-refractivity contribution in [3.05, 3.63) is 17.5 Å². The summed E-state index contributed by atoms with van der Waals surface area (Å²) in [5, 5.41) is 7.84. The maximum absolute atomic E-state index is 4.40. The molecule has 0 fully saturated rings. The summed E-state index contributed by atoms with van der Waals surface area (Å²) in [5.74, 6) is 0.705. The van der Waals surface area contributed by atoms with E-state index in [0.29, 0.717) is 5.92 Å². The molecular weight excluding hydrogens is 174 g/mol. The Labute approximate surface area is 86.5 Å². The zero-order valence-corrected chi connectivity index (χ0v) is 9.67. The molecule has 80 valence electrons. The van der Waals surface area contributed by atoms with Crippen LogP contribution in [-0.4, -0.2) is 16.3 Å². The van der Waals surface area contributed by atoms with Gasteiger partial charge in [0.25, 0.3) is 0 Å². The Morgan fingerprint density at radius 3 is 2.79 bits per heavy atom. The molecule has 0 aromatic carbocycles. The van der Waals surface area contributed by atoms with E-state index in [2.05, 4.69) is 37.4 Å². The highest BCUT2D eigenvalue weighted by Gasteiger charge is 2.04. The average Bonchev–Trinajstić information content (AvgIpc) is 2.45. The minimum atomic E-state index is 0.705. The molecule has 1 heterocycles. The average molecular weight is 195 g/mol. The first kappa shape index (κ1) is 11.2. The van der Waals surface area contributed by atoms with Crippen molar-refractivity contribution >= 4 is 0 Å². The lowest BCUT2D eigenvalue weighted by Crippen LogP contribution is -2.19. The van der Waals surface area contributed by atoms with E-state index in [1.165, 1.54) is 11.3 Å². The molecule has 0 atom stereocenters. The van der Waals surface area contributed by atoms with Crippen LogP contribution < -0.4 is 5.32 Å². The number of aromatic nitrogens is 2. The van der Waals surface area contributed by atoms with Crippen LogP contribution in [0.3, 0.4) is 0 Å². The summed E-state index contributed by atoms with van der Waals surface area (Å²) in [6.07, 6.45) is 3.12. The Bertz CT molecular complexity index is 276. The minimum Gasteiger partial charge on any atom is -0.312 e. The summed E-state index contributed by atoms with van der Waals surface area (Å²) in [5.41, 5.74) is 2.54. The highest BCUT2D eigenvalue weighted by Crippen LogP contribution is 2.06. The SMILES string of the molecule is CCc1nn(C)cc1CNCC(C)C. The number of hydrogen-bond acceptors (Lipinski definition) is 2. The van der Waals surface area contributed by atoms with Crippen molar-refractivity contribution in [1.29, 1.82) is 0 Å². The number of aryl methyl sites for hydroxylation is 2. The molecule has 0 saturated heterocycles.